The van der Waals surface area contributed by atoms with Crippen molar-refractivity contribution < 1.29 is 9.15 Å². The first-order valence-corrected chi connectivity index (χ1v) is 6.75. The highest BCUT2D eigenvalue weighted by atomic mass is 79.9. The van der Waals surface area contributed by atoms with Crippen LogP contribution in [0.25, 0.3) is 22.6 Å². The standard InChI is InChI=1S/C14H11BrN2O3/c1-19-7-9-12(15)14(18)17-13(16-9)11-6-8-4-2-3-5-10(8)20-11/h2-6H,7H2,1H3,(H,16,17,18). The Hall–Kier alpha value is -1.92. The van der Waals surface area contributed by atoms with E-state index in [-0.39, 0.29) is 12.2 Å². The monoisotopic (exact) mass is 334 g/mol. The van der Waals surface area contributed by atoms with Crippen LogP contribution in [0.3, 0.4) is 0 Å². The molecule has 5 nitrogen and oxygen atoms in total. The summed E-state index contributed by atoms with van der Waals surface area (Å²) in [6.07, 6.45) is 0. The van der Waals surface area contributed by atoms with E-state index in [2.05, 4.69) is 25.9 Å². The second-order valence-electron chi connectivity index (χ2n) is 4.26. The number of H-pyrrole nitrogens is 1. The van der Waals surface area contributed by atoms with Crippen molar-refractivity contribution in [2.75, 3.05) is 7.11 Å². The molecule has 0 bridgehead atoms. The third kappa shape index (κ3) is 2.28. The molecule has 2 aromatic heterocycles. The fourth-order valence-corrected chi connectivity index (χ4v) is 2.26. The minimum atomic E-state index is -0.262. The molecule has 0 saturated carbocycles. The number of methoxy groups -OCH3 is 1. The maximum Gasteiger partial charge on any atom is 0.265 e. The van der Waals surface area contributed by atoms with Crippen LogP contribution in [0.1, 0.15) is 5.69 Å². The number of nitrogens with zero attached hydrogens (tertiary/aromatic N) is 1. The van der Waals surface area contributed by atoms with Gasteiger partial charge in [0.15, 0.2) is 11.6 Å². The number of para-hydroxylation sites is 1. The van der Waals surface area contributed by atoms with Crippen LogP contribution in [-0.2, 0) is 11.3 Å². The van der Waals surface area contributed by atoms with Gasteiger partial charge >= 0.3 is 0 Å². The number of aromatic amines is 1. The zero-order valence-electron chi connectivity index (χ0n) is 10.6. The molecule has 0 spiro atoms. The predicted octanol–water partition coefficient (Wildman–Crippen LogP) is 3.09. The zero-order valence-corrected chi connectivity index (χ0v) is 12.2. The van der Waals surface area contributed by atoms with Crippen molar-refractivity contribution >= 4 is 26.9 Å². The van der Waals surface area contributed by atoms with Gasteiger partial charge in [0.05, 0.1) is 12.3 Å². The number of hydrogen-bond donors (Lipinski definition) is 1. The van der Waals surface area contributed by atoms with E-state index < -0.39 is 0 Å². The molecule has 3 rings (SSSR count). The maximum atomic E-state index is 11.9. The summed E-state index contributed by atoms with van der Waals surface area (Å²) in [6, 6.07) is 9.47. The lowest BCUT2D eigenvalue weighted by atomic mass is 10.2. The summed E-state index contributed by atoms with van der Waals surface area (Å²) in [5.41, 5.74) is 1.02. The van der Waals surface area contributed by atoms with Crippen molar-refractivity contribution in [2.24, 2.45) is 0 Å². The molecule has 102 valence electrons. The van der Waals surface area contributed by atoms with Crippen LogP contribution < -0.4 is 5.56 Å². The summed E-state index contributed by atoms with van der Waals surface area (Å²) in [5, 5.41) is 0.960. The molecule has 0 atom stereocenters. The van der Waals surface area contributed by atoms with E-state index in [0.29, 0.717) is 21.8 Å². The number of furan rings is 1. The fourth-order valence-electron chi connectivity index (χ4n) is 1.95. The fraction of sp³-hybridized carbons (Fsp3) is 0.143. The first-order valence-electron chi connectivity index (χ1n) is 5.95. The Labute approximate surface area is 122 Å². The van der Waals surface area contributed by atoms with Crippen LogP contribution in [0.15, 0.2) is 44.0 Å². The third-order valence-electron chi connectivity index (χ3n) is 2.87. The SMILES string of the molecule is COCc1nc(-c2cc3ccccc3o2)[nH]c(=O)c1Br. The summed E-state index contributed by atoms with van der Waals surface area (Å²) >= 11 is 3.21. The third-order valence-corrected chi connectivity index (χ3v) is 3.69. The molecule has 1 N–H and O–H groups in total. The number of hydrogen-bond acceptors (Lipinski definition) is 4. The highest BCUT2D eigenvalue weighted by Gasteiger charge is 2.13. The van der Waals surface area contributed by atoms with Gasteiger partial charge in [-0.25, -0.2) is 4.98 Å². The summed E-state index contributed by atoms with van der Waals surface area (Å²) in [4.78, 5) is 18.9. The smallest absolute Gasteiger partial charge is 0.265 e. The van der Waals surface area contributed by atoms with Gasteiger partial charge in [0.25, 0.3) is 5.56 Å². The Bertz CT molecular complexity index is 790. The van der Waals surface area contributed by atoms with Crippen LogP contribution in [0.5, 0.6) is 0 Å². The van der Waals surface area contributed by atoms with Crippen molar-refractivity contribution in [3.05, 3.63) is 50.9 Å². The highest BCUT2D eigenvalue weighted by molar-refractivity contribution is 9.10. The van der Waals surface area contributed by atoms with Gasteiger partial charge in [0.1, 0.15) is 10.1 Å². The second kappa shape index (κ2) is 5.22. The van der Waals surface area contributed by atoms with Crippen LogP contribution in [0.4, 0.5) is 0 Å². The summed E-state index contributed by atoms with van der Waals surface area (Å²) in [5.74, 6) is 0.912. The van der Waals surface area contributed by atoms with Crippen molar-refractivity contribution in [2.45, 2.75) is 6.61 Å². The van der Waals surface area contributed by atoms with E-state index in [4.69, 9.17) is 9.15 Å². The molecule has 3 aromatic rings. The lowest BCUT2D eigenvalue weighted by Gasteiger charge is -2.03. The first kappa shape index (κ1) is 13.1. The summed E-state index contributed by atoms with van der Waals surface area (Å²) in [6.45, 7) is 0.248. The molecule has 0 radical (unpaired) electrons. The van der Waals surface area contributed by atoms with Crippen LogP contribution in [-0.4, -0.2) is 17.1 Å². The molecule has 0 aliphatic heterocycles. The molecule has 1 aromatic carbocycles. The molecule has 0 unspecified atom stereocenters. The van der Waals surface area contributed by atoms with Crippen molar-refractivity contribution in [3.8, 4) is 11.6 Å². The largest absolute Gasteiger partial charge is 0.453 e. The molecule has 0 amide bonds. The number of benzene rings is 1. The minimum Gasteiger partial charge on any atom is -0.453 e. The van der Waals surface area contributed by atoms with Crippen LogP contribution in [0, 0.1) is 0 Å². The molecule has 20 heavy (non-hydrogen) atoms. The van der Waals surface area contributed by atoms with Crippen LogP contribution in [0.2, 0.25) is 0 Å². The average Bonchev–Trinajstić information content (AvgIpc) is 2.87. The molecular formula is C14H11BrN2O3. The maximum absolute atomic E-state index is 11.9. The Morgan fingerprint density at radius 3 is 2.95 bits per heavy atom. The van der Waals surface area contributed by atoms with E-state index in [1.165, 1.54) is 0 Å². The molecule has 0 fully saturated rings. The summed E-state index contributed by atoms with van der Waals surface area (Å²) < 4.78 is 11.1. The zero-order chi connectivity index (χ0) is 14.1. The summed E-state index contributed by atoms with van der Waals surface area (Å²) in [7, 11) is 1.55. The lowest BCUT2D eigenvalue weighted by Crippen LogP contribution is -2.13. The number of aromatic nitrogens is 2. The van der Waals surface area contributed by atoms with Gasteiger partial charge in [-0.15, -0.1) is 0 Å². The van der Waals surface area contributed by atoms with Gasteiger partial charge in [-0.05, 0) is 28.1 Å². The van der Waals surface area contributed by atoms with Crippen molar-refractivity contribution in [1.82, 2.24) is 9.97 Å². The van der Waals surface area contributed by atoms with E-state index in [0.717, 1.165) is 11.0 Å². The van der Waals surface area contributed by atoms with E-state index in [1.807, 2.05) is 30.3 Å². The topological polar surface area (TPSA) is 68.1 Å². The van der Waals surface area contributed by atoms with Gasteiger partial charge in [0, 0.05) is 12.5 Å². The second-order valence-corrected chi connectivity index (χ2v) is 5.05. The van der Waals surface area contributed by atoms with Crippen LogP contribution >= 0.6 is 15.9 Å². The Morgan fingerprint density at radius 1 is 1.40 bits per heavy atom. The Balaban J connectivity index is 2.16. The number of ether oxygens (including phenoxy) is 1. The molecule has 6 heteroatoms. The molecule has 0 aliphatic rings. The number of halogens is 1. The van der Waals surface area contributed by atoms with Gasteiger partial charge < -0.3 is 14.1 Å². The number of rotatable bonds is 3. The normalized spacial score (nSPS) is 11.1. The number of fused-ring (bicyclic) bond motifs is 1. The molecular weight excluding hydrogens is 324 g/mol. The van der Waals surface area contributed by atoms with Gasteiger partial charge in [0.2, 0.25) is 0 Å². The quantitative estimate of drug-likeness (QED) is 0.799. The highest BCUT2D eigenvalue weighted by Crippen LogP contribution is 2.25. The predicted molar refractivity (Wildman–Crippen MR) is 78.5 cm³/mol. The number of nitrogens with one attached hydrogen (secondary N) is 1. The minimum absolute atomic E-state index is 0.248. The first-order chi connectivity index (χ1) is 9.69. The van der Waals surface area contributed by atoms with Crippen molar-refractivity contribution in [1.29, 1.82) is 0 Å². The van der Waals surface area contributed by atoms with E-state index >= 15 is 0 Å². The van der Waals surface area contributed by atoms with E-state index in [9.17, 15) is 4.79 Å². The average molecular weight is 335 g/mol. The van der Waals surface area contributed by atoms with Crippen molar-refractivity contribution in [3.63, 3.8) is 0 Å². The van der Waals surface area contributed by atoms with Gasteiger partial charge in [-0.2, -0.15) is 0 Å². The van der Waals surface area contributed by atoms with E-state index in [1.54, 1.807) is 7.11 Å². The Morgan fingerprint density at radius 2 is 2.20 bits per heavy atom. The molecule has 0 aliphatic carbocycles. The molecule has 0 saturated heterocycles. The van der Waals surface area contributed by atoms with Gasteiger partial charge in [-0.1, -0.05) is 18.2 Å². The van der Waals surface area contributed by atoms with Gasteiger partial charge in [-0.3, -0.25) is 4.79 Å². The lowest BCUT2D eigenvalue weighted by molar-refractivity contribution is 0.180. The Kier molecular flexibility index (Phi) is 3.42. The molecule has 2 heterocycles.